The lowest BCUT2D eigenvalue weighted by Gasteiger charge is -2.24. The molecule has 1 rings (SSSR count). The van der Waals surface area contributed by atoms with Crippen LogP contribution in [0.3, 0.4) is 0 Å². The Balaban J connectivity index is 2.92. The van der Waals surface area contributed by atoms with Crippen LogP contribution in [0, 0.1) is 0 Å². The van der Waals surface area contributed by atoms with Gasteiger partial charge in [-0.2, -0.15) is 0 Å². The number of halogens is 1. The first-order chi connectivity index (χ1) is 8.27. The van der Waals surface area contributed by atoms with E-state index in [0.717, 1.165) is 0 Å². The summed E-state index contributed by atoms with van der Waals surface area (Å²) in [6.07, 6.45) is 0. The molecule has 6 nitrogen and oxygen atoms in total. The average Bonchev–Trinajstić information content (AvgIpc) is 2.30. The van der Waals surface area contributed by atoms with Crippen molar-refractivity contribution in [2.45, 2.75) is 19.4 Å². The molecule has 18 heavy (non-hydrogen) atoms. The third-order valence-corrected chi connectivity index (χ3v) is 3.05. The first-order valence-electron chi connectivity index (χ1n) is 5.07. The summed E-state index contributed by atoms with van der Waals surface area (Å²) < 4.78 is 0.495. The van der Waals surface area contributed by atoms with Crippen molar-refractivity contribution < 1.29 is 15.1 Å². The number of nitrogens with zero attached hydrogens (tertiary/aromatic N) is 1. The summed E-state index contributed by atoms with van der Waals surface area (Å²) >= 11 is 3.12. The van der Waals surface area contributed by atoms with Crippen molar-refractivity contribution in [2.24, 2.45) is 10.9 Å². The van der Waals surface area contributed by atoms with Gasteiger partial charge in [0.25, 0.3) is 5.91 Å². The van der Waals surface area contributed by atoms with Crippen LogP contribution in [0.15, 0.2) is 27.8 Å². The van der Waals surface area contributed by atoms with Crippen LogP contribution in [0.4, 0.5) is 0 Å². The molecule has 1 aromatic carbocycles. The van der Waals surface area contributed by atoms with Crippen LogP contribution in [0.2, 0.25) is 0 Å². The van der Waals surface area contributed by atoms with Crippen LogP contribution in [0.1, 0.15) is 24.2 Å². The number of nitrogens with one attached hydrogen (secondary N) is 1. The minimum absolute atomic E-state index is 0.0377. The van der Waals surface area contributed by atoms with Crippen LogP contribution < -0.4 is 11.1 Å². The zero-order valence-corrected chi connectivity index (χ0v) is 11.5. The number of carbonyl (C=O) groups excluding carboxylic acids is 1. The number of oxime groups is 1. The molecule has 0 saturated carbocycles. The van der Waals surface area contributed by atoms with Crippen molar-refractivity contribution in [1.82, 2.24) is 5.32 Å². The second-order valence-electron chi connectivity index (χ2n) is 4.23. The Labute approximate surface area is 113 Å². The predicted octanol–water partition coefficient (Wildman–Crippen LogP) is 1.41. The highest BCUT2D eigenvalue weighted by molar-refractivity contribution is 9.10. The number of phenolic OH excluding ortho intramolecular Hbond substituents is 1. The molecule has 0 aromatic heterocycles. The number of carbonyl (C=O) groups is 1. The van der Waals surface area contributed by atoms with E-state index in [9.17, 15) is 9.90 Å². The zero-order chi connectivity index (χ0) is 13.9. The summed E-state index contributed by atoms with van der Waals surface area (Å²) in [5.41, 5.74) is 4.74. The summed E-state index contributed by atoms with van der Waals surface area (Å²) in [4.78, 5) is 11.9. The molecule has 0 spiro atoms. The molecular weight excluding hydrogens is 302 g/mol. The molecule has 5 N–H and O–H groups in total. The van der Waals surface area contributed by atoms with Gasteiger partial charge in [-0.15, -0.1) is 0 Å². The predicted molar refractivity (Wildman–Crippen MR) is 70.8 cm³/mol. The molecule has 0 fully saturated rings. The van der Waals surface area contributed by atoms with Gasteiger partial charge in [-0.1, -0.05) is 5.16 Å². The Hall–Kier alpha value is -1.76. The van der Waals surface area contributed by atoms with Gasteiger partial charge in [0, 0.05) is 5.56 Å². The van der Waals surface area contributed by atoms with Crippen molar-refractivity contribution in [3.05, 3.63) is 28.2 Å². The quantitative estimate of drug-likeness (QED) is 0.293. The van der Waals surface area contributed by atoms with E-state index in [1.165, 1.54) is 6.07 Å². The fourth-order valence-corrected chi connectivity index (χ4v) is 1.45. The van der Waals surface area contributed by atoms with Crippen molar-refractivity contribution in [1.29, 1.82) is 0 Å². The number of aromatic hydroxyl groups is 1. The molecule has 7 heteroatoms. The van der Waals surface area contributed by atoms with Gasteiger partial charge in [-0.3, -0.25) is 4.79 Å². The number of nitrogens with two attached hydrogens (primary N) is 1. The Morgan fingerprint density at radius 2 is 2.11 bits per heavy atom. The summed E-state index contributed by atoms with van der Waals surface area (Å²) in [6.45, 7) is 3.19. The molecule has 0 bridgehead atoms. The first-order valence-corrected chi connectivity index (χ1v) is 5.86. The lowest BCUT2D eigenvalue weighted by molar-refractivity contribution is 0.0930. The van der Waals surface area contributed by atoms with Gasteiger partial charge in [0.1, 0.15) is 5.75 Å². The zero-order valence-electron chi connectivity index (χ0n) is 9.94. The molecule has 0 aliphatic carbocycles. The summed E-state index contributed by atoms with van der Waals surface area (Å²) in [7, 11) is 0. The van der Waals surface area contributed by atoms with Crippen LogP contribution in [0.5, 0.6) is 5.75 Å². The van der Waals surface area contributed by atoms with E-state index >= 15 is 0 Å². The highest BCUT2D eigenvalue weighted by Gasteiger charge is 2.26. The fraction of sp³-hybridized carbons (Fsp3) is 0.273. The topological polar surface area (TPSA) is 108 Å². The molecule has 0 aliphatic rings. The SMILES string of the molecule is CC(C)(NC(=O)c1ccc(Br)c(O)c1)/C(N)=N/O. The number of rotatable bonds is 3. The standard InChI is InChI=1S/C11H14BrN3O3/c1-11(2,10(13)15-18)14-9(17)6-3-4-7(12)8(16)5-6/h3-5,16,18H,1-2H3,(H2,13,15)(H,14,17). The summed E-state index contributed by atoms with van der Waals surface area (Å²) in [5.74, 6) is -0.587. The minimum atomic E-state index is -0.992. The van der Waals surface area contributed by atoms with E-state index in [1.54, 1.807) is 26.0 Å². The van der Waals surface area contributed by atoms with Crippen molar-refractivity contribution in [3.8, 4) is 5.75 Å². The lowest BCUT2D eigenvalue weighted by atomic mass is 10.0. The van der Waals surface area contributed by atoms with E-state index in [0.29, 0.717) is 4.47 Å². The highest BCUT2D eigenvalue weighted by Crippen LogP contribution is 2.24. The van der Waals surface area contributed by atoms with E-state index in [4.69, 9.17) is 10.9 Å². The maximum absolute atomic E-state index is 11.9. The van der Waals surface area contributed by atoms with Crippen LogP contribution in [0.25, 0.3) is 0 Å². The molecule has 0 heterocycles. The fourth-order valence-electron chi connectivity index (χ4n) is 1.20. The first kappa shape index (κ1) is 14.3. The van der Waals surface area contributed by atoms with Gasteiger partial charge >= 0.3 is 0 Å². The molecular formula is C11H14BrN3O3. The number of benzene rings is 1. The molecule has 0 unspecified atom stereocenters. The Kier molecular flexibility index (Phi) is 4.18. The third-order valence-electron chi connectivity index (χ3n) is 2.38. The smallest absolute Gasteiger partial charge is 0.252 e. The molecule has 0 saturated heterocycles. The number of hydrogen-bond acceptors (Lipinski definition) is 4. The molecule has 0 aliphatic heterocycles. The van der Waals surface area contributed by atoms with E-state index in [-0.39, 0.29) is 17.1 Å². The second kappa shape index (κ2) is 5.26. The monoisotopic (exact) mass is 315 g/mol. The normalized spacial score (nSPS) is 12.3. The largest absolute Gasteiger partial charge is 0.507 e. The van der Waals surface area contributed by atoms with Crippen molar-refractivity contribution in [3.63, 3.8) is 0 Å². The van der Waals surface area contributed by atoms with Gasteiger partial charge in [-0.05, 0) is 48.0 Å². The lowest BCUT2D eigenvalue weighted by Crippen LogP contribution is -2.53. The van der Waals surface area contributed by atoms with Gasteiger partial charge in [0.15, 0.2) is 5.84 Å². The number of amidine groups is 1. The maximum atomic E-state index is 11.9. The minimum Gasteiger partial charge on any atom is -0.507 e. The van der Waals surface area contributed by atoms with Crippen LogP contribution in [-0.4, -0.2) is 27.6 Å². The number of hydrogen-bond donors (Lipinski definition) is 4. The summed E-state index contributed by atoms with van der Waals surface area (Å²) in [5, 5.41) is 23.5. The van der Waals surface area contributed by atoms with Crippen molar-refractivity contribution >= 4 is 27.7 Å². The number of phenols is 1. The summed E-state index contributed by atoms with van der Waals surface area (Å²) in [6, 6.07) is 4.42. The van der Waals surface area contributed by atoms with Gasteiger partial charge in [0.05, 0.1) is 10.0 Å². The van der Waals surface area contributed by atoms with Crippen LogP contribution >= 0.6 is 15.9 Å². The Morgan fingerprint density at radius 3 is 2.61 bits per heavy atom. The second-order valence-corrected chi connectivity index (χ2v) is 5.08. The van der Waals surface area contributed by atoms with Gasteiger partial charge in [0.2, 0.25) is 0 Å². The molecule has 1 amide bonds. The molecule has 98 valence electrons. The van der Waals surface area contributed by atoms with Crippen molar-refractivity contribution in [2.75, 3.05) is 0 Å². The Bertz CT molecular complexity index is 500. The van der Waals surface area contributed by atoms with E-state index in [1.807, 2.05) is 0 Å². The van der Waals surface area contributed by atoms with E-state index < -0.39 is 11.4 Å². The Morgan fingerprint density at radius 1 is 1.50 bits per heavy atom. The highest BCUT2D eigenvalue weighted by atomic mass is 79.9. The molecule has 1 aromatic rings. The van der Waals surface area contributed by atoms with E-state index in [2.05, 4.69) is 26.4 Å². The molecule has 0 atom stereocenters. The maximum Gasteiger partial charge on any atom is 0.252 e. The average molecular weight is 316 g/mol. The van der Waals surface area contributed by atoms with Gasteiger partial charge in [-0.25, -0.2) is 0 Å². The third kappa shape index (κ3) is 3.13. The number of amides is 1. The van der Waals surface area contributed by atoms with Crippen LogP contribution in [-0.2, 0) is 0 Å². The molecule has 0 radical (unpaired) electrons. The van der Waals surface area contributed by atoms with Gasteiger partial charge < -0.3 is 21.4 Å².